The summed E-state index contributed by atoms with van der Waals surface area (Å²) >= 11 is 0. The van der Waals surface area contributed by atoms with Crippen LogP contribution >= 0.6 is 12.4 Å². The highest BCUT2D eigenvalue weighted by Gasteiger charge is 2.26. The van der Waals surface area contributed by atoms with Crippen molar-refractivity contribution in [3.8, 4) is 0 Å². The first kappa shape index (κ1) is 10.2. The van der Waals surface area contributed by atoms with Gasteiger partial charge in [-0.1, -0.05) is 13.8 Å². The summed E-state index contributed by atoms with van der Waals surface area (Å²) in [6.07, 6.45) is 0.813. The molecule has 0 aromatic heterocycles. The summed E-state index contributed by atoms with van der Waals surface area (Å²) in [6.45, 7) is 5.24. The lowest BCUT2D eigenvalue weighted by atomic mass is 10.0. The Bertz CT molecular complexity index is 97.6. The van der Waals surface area contributed by atoms with Gasteiger partial charge in [0.1, 0.15) is 0 Å². The number of rotatable bonds is 1. The molecule has 0 saturated carbocycles. The van der Waals surface area contributed by atoms with Crippen molar-refractivity contribution in [2.24, 2.45) is 5.92 Å². The Morgan fingerprint density at radius 1 is 1.50 bits per heavy atom. The maximum absolute atomic E-state index is 9.30. The fourth-order valence-electron chi connectivity index (χ4n) is 1.39. The third kappa shape index (κ3) is 2.11. The molecule has 0 aliphatic carbocycles. The smallest absolute Gasteiger partial charge is 0.0707 e. The Morgan fingerprint density at radius 3 is 2.30 bits per heavy atom. The zero-order chi connectivity index (χ0) is 6.85. The van der Waals surface area contributed by atoms with Crippen LogP contribution < -0.4 is 5.32 Å². The average molecular weight is 166 g/mol. The van der Waals surface area contributed by atoms with Crippen molar-refractivity contribution in [2.45, 2.75) is 32.4 Å². The normalized spacial score (nSPS) is 32.4. The van der Waals surface area contributed by atoms with E-state index in [1.807, 2.05) is 0 Å². The van der Waals surface area contributed by atoms with E-state index in [9.17, 15) is 5.11 Å². The van der Waals surface area contributed by atoms with E-state index in [4.69, 9.17) is 0 Å². The third-order valence-corrected chi connectivity index (χ3v) is 1.95. The van der Waals surface area contributed by atoms with E-state index < -0.39 is 0 Å². The number of aliphatic hydroxyl groups excluding tert-OH is 1. The van der Waals surface area contributed by atoms with Gasteiger partial charge in [0.2, 0.25) is 0 Å². The van der Waals surface area contributed by atoms with Gasteiger partial charge in [0.15, 0.2) is 0 Å². The zero-order valence-electron chi connectivity index (χ0n) is 6.50. The average Bonchev–Trinajstić information content (AvgIpc) is 2.13. The largest absolute Gasteiger partial charge is 0.391 e. The van der Waals surface area contributed by atoms with Crippen LogP contribution in [0.2, 0.25) is 0 Å². The van der Waals surface area contributed by atoms with Gasteiger partial charge in [-0.15, -0.1) is 12.4 Å². The fourth-order valence-corrected chi connectivity index (χ4v) is 1.39. The van der Waals surface area contributed by atoms with E-state index in [0.717, 1.165) is 13.0 Å². The van der Waals surface area contributed by atoms with Gasteiger partial charge in [0, 0.05) is 6.04 Å². The monoisotopic (exact) mass is 165 g/mol. The lowest BCUT2D eigenvalue weighted by Crippen LogP contribution is -2.35. The maximum atomic E-state index is 9.30. The topological polar surface area (TPSA) is 32.3 Å². The number of nitrogens with one attached hydrogen (secondary N) is 1. The van der Waals surface area contributed by atoms with Gasteiger partial charge in [-0.3, -0.25) is 0 Å². The summed E-state index contributed by atoms with van der Waals surface area (Å²) in [5.74, 6) is 0.558. The molecular weight excluding hydrogens is 150 g/mol. The molecule has 2 nitrogen and oxygen atoms in total. The van der Waals surface area contributed by atoms with Crippen LogP contribution in [-0.4, -0.2) is 23.8 Å². The van der Waals surface area contributed by atoms with E-state index in [2.05, 4.69) is 19.2 Å². The standard InChI is InChI=1S/C7H15NO.ClH/c1-5(2)7-6(9)3-4-8-7;/h5-9H,3-4H2,1-2H3;1H/t6-,7+;/m1./s1. The zero-order valence-corrected chi connectivity index (χ0v) is 7.32. The molecule has 2 N–H and O–H groups in total. The number of halogens is 1. The number of aliphatic hydroxyl groups is 1. The first-order valence-corrected chi connectivity index (χ1v) is 3.63. The molecule has 1 saturated heterocycles. The summed E-state index contributed by atoms with van der Waals surface area (Å²) in [7, 11) is 0. The maximum Gasteiger partial charge on any atom is 0.0707 e. The summed E-state index contributed by atoms with van der Waals surface area (Å²) in [5, 5.41) is 12.6. The third-order valence-electron chi connectivity index (χ3n) is 1.95. The van der Waals surface area contributed by atoms with Crippen LogP contribution in [0.1, 0.15) is 20.3 Å². The van der Waals surface area contributed by atoms with Crippen molar-refractivity contribution in [3.63, 3.8) is 0 Å². The molecule has 0 aromatic carbocycles. The molecule has 10 heavy (non-hydrogen) atoms. The summed E-state index contributed by atoms with van der Waals surface area (Å²) in [4.78, 5) is 0. The van der Waals surface area contributed by atoms with E-state index in [0.29, 0.717) is 12.0 Å². The van der Waals surface area contributed by atoms with Gasteiger partial charge in [0.25, 0.3) is 0 Å². The highest BCUT2D eigenvalue weighted by atomic mass is 35.5. The van der Waals surface area contributed by atoms with Crippen molar-refractivity contribution in [1.29, 1.82) is 0 Å². The molecule has 2 atom stereocenters. The molecule has 1 rings (SSSR count). The Morgan fingerprint density at radius 2 is 2.10 bits per heavy atom. The van der Waals surface area contributed by atoms with E-state index in [-0.39, 0.29) is 18.5 Å². The molecule has 1 heterocycles. The van der Waals surface area contributed by atoms with Crippen LogP contribution in [0.15, 0.2) is 0 Å². The Hall–Kier alpha value is 0.210. The highest BCUT2D eigenvalue weighted by Crippen LogP contribution is 2.13. The van der Waals surface area contributed by atoms with Crippen LogP contribution in [0.4, 0.5) is 0 Å². The first-order valence-electron chi connectivity index (χ1n) is 3.63. The van der Waals surface area contributed by atoms with Crippen molar-refractivity contribution < 1.29 is 5.11 Å². The minimum absolute atomic E-state index is 0. The summed E-state index contributed by atoms with van der Waals surface area (Å²) in [6, 6.07) is 0.338. The van der Waals surface area contributed by atoms with Crippen LogP contribution in [0.25, 0.3) is 0 Å². The van der Waals surface area contributed by atoms with Gasteiger partial charge >= 0.3 is 0 Å². The second-order valence-corrected chi connectivity index (χ2v) is 3.08. The molecule has 0 bridgehead atoms. The highest BCUT2D eigenvalue weighted by molar-refractivity contribution is 5.85. The van der Waals surface area contributed by atoms with Gasteiger partial charge in [-0.25, -0.2) is 0 Å². The quantitative estimate of drug-likeness (QED) is 0.602. The van der Waals surface area contributed by atoms with Gasteiger partial charge < -0.3 is 10.4 Å². The van der Waals surface area contributed by atoms with Gasteiger partial charge in [-0.2, -0.15) is 0 Å². The Kier molecular flexibility index (Phi) is 4.25. The molecule has 0 unspecified atom stereocenters. The lowest BCUT2D eigenvalue weighted by Gasteiger charge is -2.17. The molecule has 1 fully saturated rings. The molecule has 0 aromatic rings. The molecule has 62 valence electrons. The van der Waals surface area contributed by atoms with E-state index in [1.165, 1.54) is 0 Å². The molecule has 1 aliphatic heterocycles. The molecule has 0 spiro atoms. The van der Waals surface area contributed by atoms with Crippen LogP contribution in [0.3, 0.4) is 0 Å². The van der Waals surface area contributed by atoms with Crippen molar-refractivity contribution >= 4 is 12.4 Å². The van der Waals surface area contributed by atoms with Gasteiger partial charge in [-0.05, 0) is 18.9 Å². The predicted molar refractivity (Wildman–Crippen MR) is 44.5 cm³/mol. The Balaban J connectivity index is 0.000000810. The van der Waals surface area contributed by atoms with Crippen LogP contribution in [0.5, 0.6) is 0 Å². The SMILES string of the molecule is CC(C)[C@@H]1NCC[C@H]1O.Cl. The lowest BCUT2D eigenvalue weighted by molar-refractivity contribution is 0.139. The van der Waals surface area contributed by atoms with E-state index in [1.54, 1.807) is 0 Å². The molecule has 3 heteroatoms. The second kappa shape index (κ2) is 4.16. The number of hydrogen-bond acceptors (Lipinski definition) is 2. The molecule has 1 aliphatic rings. The summed E-state index contributed by atoms with van der Waals surface area (Å²) < 4.78 is 0. The first-order chi connectivity index (χ1) is 4.22. The predicted octanol–water partition coefficient (Wildman–Crippen LogP) is 0.787. The van der Waals surface area contributed by atoms with Gasteiger partial charge in [0.05, 0.1) is 6.10 Å². The molecular formula is C7H16ClNO. The van der Waals surface area contributed by atoms with Crippen LogP contribution in [0, 0.1) is 5.92 Å². The minimum Gasteiger partial charge on any atom is -0.391 e. The fraction of sp³-hybridized carbons (Fsp3) is 1.00. The Labute approximate surface area is 68.4 Å². The summed E-state index contributed by atoms with van der Waals surface area (Å²) in [5.41, 5.74) is 0. The van der Waals surface area contributed by atoms with Crippen LogP contribution in [-0.2, 0) is 0 Å². The number of hydrogen-bond donors (Lipinski definition) is 2. The van der Waals surface area contributed by atoms with Crippen molar-refractivity contribution in [1.82, 2.24) is 5.32 Å². The minimum atomic E-state index is -0.106. The second-order valence-electron chi connectivity index (χ2n) is 3.08. The van der Waals surface area contributed by atoms with Crippen molar-refractivity contribution in [3.05, 3.63) is 0 Å². The molecule has 0 amide bonds. The van der Waals surface area contributed by atoms with Crippen molar-refractivity contribution in [2.75, 3.05) is 6.54 Å². The molecule has 0 radical (unpaired) electrons. The van der Waals surface area contributed by atoms with E-state index >= 15 is 0 Å².